The van der Waals surface area contributed by atoms with E-state index in [4.69, 9.17) is 16.0 Å². The molecule has 0 radical (unpaired) electrons. The summed E-state index contributed by atoms with van der Waals surface area (Å²) in [5.74, 6) is 3.49. The number of nitrogens with one attached hydrogen (secondary N) is 1. The van der Waals surface area contributed by atoms with E-state index in [1.54, 1.807) is 6.07 Å². The van der Waals surface area contributed by atoms with Crippen LogP contribution < -0.4 is 5.32 Å². The number of carbonyl (C=O) groups excluding carboxylic acids is 1. The number of anilines is 1. The van der Waals surface area contributed by atoms with Crippen molar-refractivity contribution in [1.82, 2.24) is 4.90 Å². The van der Waals surface area contributed by atoms with E-state index >= 15 is 0 Å². The highest BCUT2D eigenvalue weighted by Crippen LogP contribution is 2.47. The molecular formula is C21H25ClN2O2. The molecule has 2 aliphatic rings. The molecule has 2 saturated carbocycles. The van der Waals surface area contributed by atoms with Gasteiger partial charge in [-0.15, -0.1) is 0 Å². The number of hydrogen-bond donors (Lipinski definition) is 1. The zero-order valence-electron chi connectivity index (χ0n) is 15.1. The molecule has 0 saturated heterocycles. The summed E-state index contributed by atoms with van der Waals surface area (Å²) < 4.78 is 6.04. The topological polar surface area (TPSA) is 45.5 Å². The summed E-state index contributed by atoms with van der Waals surface area (Å²) in [4.78, 5) is 14.6. The zero-order valence-corrected chi connectivity index (χ0v) is 15.8. The monoisotopic (exact) mass is 372 g/mol. The Morgan fingerprint density at radius 1 is 1.27 bits per heavy atom. The second-order valence-electron chi connectivity index (χ2n) is 7.60. The van der Waals surface area contributed by atoms with E-state index in [-0.39, 0.29) is 5.91 Å². The minimum Gasteiger partial charge on any atom is -0.464 e. The molecule has 2 fully saturated rings. The van der Waals surface area contributed by atoms with Gasteiger partial charge < -0.3 is 9.73 Å². The van der Waals surface area contributed by atoms with Crippen LogP contribution in [0.2, 0.25) is 5.02 Å². The lowest BCUT2D eigenvalue weighted by Crippen LogP contribution is -2.29. The first-order valence-corrected chi connectivity index (χ1v) is 9.85. The maximum absolute atomic E-state index is 12.3. The van der Waals surface area contributed by atoms with Crippen LogP contribution in [0.15, 0.2) is 40.8 Å². The predicted octanol–water partition coefficient (Wildman–Crippen LogP) is 5.05. The second-order valence-corrected chi connectivity index (χ2v) is 8.01. The van der Waals surface area contributed by atoms with Gasteiger partial charge in [-0.05, 0) is 49.4 Å². The van der Waals surface area contributed by atoms with Gasteiger partial charge in [-0.1, -0.05) is 30.7 Å². The number of hydrogen-bond acceptors (Lipinski definition) is 3. The Labute approximate surface area is 159 Å². The van der Waals surface area contributed by atoms with Crippen molar-refractivity contribution < 1.29 is 9.21 Å². The van der Waals surface area contributed by atoms with Gasteiger partial charge in [0.15, 0.2) is 0 Å². The molecule has 2 unspecified atom stereocenters. The first kappa shape index (κ1) is 17.6. The number of benzene rings is 1. The highest BCUT2D eigenvalue weighted by Gasteiger charge is 2.37. The third kappa shape index (κ3) is 4.30. The van der Waals surface area contributed by atoms with Gasteiger partial charge in [-0.2, -0.15) is 0 Å². The maximum Gasteiger partial charge on any atom is 0.225 e. The second kappa shape index (κ2) is 7.45. The number of para-hydroxylation sites is 1. The van der Waals surface area contributed by atoms with Crippen molar-refractivity contribution in [1.29, 1.82) is 0 Å². The van der Waals surface area contributed by atoms with Crippen LogP contribution >= 0.6 is 11.6 Å². The van der Waals surface area contributed by atoms with Crippen LogP contribution in [-0.4, -0.2) is 23.4 Å². The van der Waals surface area contributed by atoms with Crippen molar-refractivity contribution in [3.8, 4) is 0 Å². The molecule has 4 rings (SSSR count). The largest absolute Gasteiger partial charge is 0.464 e. The van der Waals surface area contributed by atoms with Crippen molar-refractivity contribution in [2.45, 2.75) is 51.1 Å². The Morgan fingerprint density at radius 3 is 2.73 bits per heavy atom. The summed E-state index contributed by atoms with van der Waals surface area (Å²) in [5.41, 5.74) is 0.673. The fourth-order valence-corrected chi connectivity index (χ4v) is 3.63. The number of furan rings is 1. The number of amides is 1. The molecule has 5 heteroatoms. The molecule has 0 bridgehead atoms. The van der Waals surface area contributed by atoms with Crippen LogP contribution in [0.3, 0.4) is 0 Å². The Hall–Kier alpha value is -1.78. The summed E-state index contributed by atoms with van der Waals surface area (Å²) in [6.07, 6.45) is 4.11. The lowest BCUT2D eigenvalue weighted by Gasteiger charge is -2.20. The quantitative estimate of drug-likeness (QED) is 0.705. The number of halogens is 1. The predicted molar refractivity (Wildman–Crippen MR) is 103 cm³/mol. The van der Waals surface area contributed by atoms with Gasteiger partial charge in [0.1, 0.15) is 11.5 Å². The maximum atomic E-state index is 12.3. The van der Waals surface area contributed by atoms with Crippen molar-refractivity contribution in [2.75, 3.05) is 11.9 Å². The first-order valence-electron chi connectivity index (χ1n) is 9.47. The lowest BCUT2D eigenvalue weighted by atomic mass is 10.2. The van der Waals surface area contributed by atoms with Crippen LogP contribution in [0.1, 0.15) is 50.0 Å². The summed E-state index contributed by atoms with van der Waals surface area (Å²) in [6.45, 7) is 3.78. The molecule has 26 heavy (non-hydrogen) atoms. The fourth-order valence-electron chi connectivity index (χ4n) is 3.45. The lowest BCUT2D eigenvalue weighted by molar-refractivity contribution is -0.116. The average molecular weight is 373 g/mol. The molecule has 1 amide bonds. The van der Waals surface area contributed by atoms with Gasteiger partial charge in [0.05, 0.1) is 17.3 Å². The van der Waals surface area contributed by atoms with E-state index in [2.05, 4.69) is 29.3 Å². The SMILES string of the molecule is CC1CC1c1ccc(CN(CCC(=O)Nc2ccccc2Cl)C2CC2)o1. The van der Waals surface area contributed by atoms with E-state index in [0.717, 1.165) is 30.5 Å². The average Bonchev–Trinajstić information content (AvgIpc) is 3.54. The van der Waals surface area contributed by atoms with E-state index in [0.29, 0.717) is 29.1 Å². The highest BCUT2D eigenvalue weighted by atomic mass is 35.5. The summed E-state index contributed by atoms with van der Waals surface area (Å²) >= 11 is 6.10. The van der Waals surface area contributed by atoms with Crippen molar-refractivity contribution in [2.24, 2.45) is 5.92 Å². The molecule has 0 aliphatic heterocycles. The van der Waals surface area contributed by atoms with Gasteiger partial charge in [0.25, 0.3) is 0 Å². The van der Waals surface area contributed by atoms with Crippen LogP contribution in [0, 0.1) is 5.92 Å². The molecule has 2 aromatic rings. The fraction of sp³-hybridized carbons (Fsp3) is 0.476. The smallest absolute Gasteiger partial charge is 0.225 e. The van der Waals surface area contributed by atoms with E-state index in [1.165, 1.54) is 19.3 Å². The molecule has 1 N–H and O–H groups in total. The van der Waals surface area contributed by atoms with Gasteiger partial charge >= 0.3 is 0 Å². The first-order chi connectivity index (χ1) is 12.6. The Bertz CT molecular complexity index is 784. The molecule has 0 spiro atoms. The Morgan fingerprint density at radius 2 is 2.04 bits per heavy atom. The third-order valence-electron chi connectivity index (χ3n) is 5.35. The standard InChI is InChI=1S/C21H25ClN2O2/c1-14-12-17(14)20-9-8-16(26-20)13-24(15-6-7-15)11-10-21(25)23-19-5-3-2-4-18(19)22/h2-5,8-9,14-15,17H,6-7,10-13H2,1H3,(H,23,25). The molecule has 1 heterocycles. The van der Waals surface area contributed by atoms with Crippen LogP contribution in [0.4, 0.5) is 5.69 Å². The minimum absolute atomic E-state index is 0.00399. The van der Waals surface area contributed by atoms with Gasteiger partial charge in [-0.25, -0.2) is 0 Å². The summed E-state index contributed by atoms with van der Waals surface area (Å²) in [7, 11) is 0. The van der Waals surface area contributed by atoms with Crippen molar-refractivity contribution >= 4 is 23.2 Å². The van der Waals surface area contributed by atoms with Crippen LogP contribution in [-0.2, 0) is 11.3 Å². The Kier molecular flexibility index (Phi) is 5.05. The summed E-state index contributed by atoms with van der Waals surface area (Å²) in [6, 6.07) is 12.1. The molecule has 2 atom stereocenters. The van der Waals surface area contributed by atoms with Crippen LogP contribution in [0.25, 0.3) is 0 Å². The molecule has 4 nitrogen and oxygen atoms in total. The third-order valence-corrected chi connectivity index (χ3v) is 5.68. The zero-order chi connectivity index (χ0) is 18.1. The minimum atomic E-state index is -0.00399. The van der Waals surface area contributed by atoms with Crippen LogP contribution in [0.5, 0.6) is 0 Å². The van der Waals surface area contributed by atoms with Crippen molar-refractivity contribution in [3.63, 3.8) is 0 Å². The Balaban J connectivity index is 1.30. The number of nitrogens with zero attached hydrogens (tertiary/aromatic N) is 1. The molecule has 1 aromatic carbocycles. The number of carbonyl (C=O) groups is 1. The van der Waals surface area contributed by atoms with Gasteiger partial charge in [0, 0.05) is 24.9 Å². The van der Waals surface area contributed by atoms with Gasteiger partial charge in [-0.3, -0.25) is 9.69 Å². The van der Waals surface area contributed by atoms with E-state index < -0.39 is 0 Å². The highest BCUT2D eigenvalue weighted by molar-refractivity contribution is 6.33. The summed E-state index contributed by atoms with van der Waals surface area (Å²) in [5, 5.41) is 3.47. The number of rotatable bonds is 8. The molecule has 138 valence electrons. The molecular weight excluding hydrogens is 348 g/mol. The van der Waals surface area contributed by atoms with Gasteiger partial charge in [0.2, 0.25) is 5.91 Å². The molecule has 2 aliphatic carbocycles. The van der Waals surface area contributed by atoms with Crippen molar-refractivity contribution in [3.05, 3.63) is 52.9 Å². The normalized spacial score (nSPS) is 21.8. The van der Waals surface area contributed by atoms with E-state index in [1.807, 2.05) is 18.2 Å². The van der Waals surface area contributed by atoms with E-state index in [9.17, 15) is 4.79 Å². The molecule has 1 aromatic heterocycles.